The van der Waals surface area contributed by atoms with Crippen molar-refractivity contribution in [2.45, 2.75) is 13.5 Å². The lowest BCUT2D eigenvalue weighted by molar-refractivity contribution is -0.114. The first-order chi connectivity index (χ1) is 15.4. The third-order valence-corrected chi connectivity index (χ3v) is 4.45. The number of carbonyl (C=O) groups is 2. The second-order valence-corrected chi connectivity index (χ2v) is 7.11. The number of pyridine rings is 1. The SMILES string of the molecule is COc1ccc(Cl)cc1NC(=NCc1ccccn1)NC(=O)c1cccc(NC(C)=O)c1. The van der Waals surface area contributed by atoms with Gasteiger partial charge in [-0.3, -0.25) is 19.9 Å². The number of hydrogen-bond donors (Lipinski definition) is 3. The highest BCUT2D eigenvalue weighted by Crippen LogP contribution is 2.27. The molecule has 3 N–H and O–H groups in total. The lowest BCUT2D eigenvalue weighted by Gasteiger charge is -2.15. The molecule has 1 heterocycles. The van der Waals surface area contributed by atoms with Gasteiger partial charge >= 0.3 is 0 Å². The maximum absolute atomic E-state index is 12.9. The van der Waals surface area contributed by atoms with Gasteiger partial charge in [-0.1, -0.05) is 23.7 Å². The van der Waals surface area contributed by atoms with E-state index in [1.54, 1.807) is 48.7 Å². The Hall–Kier alpha value is -3.91. The van der Waals surface area contributed by atoms with E-state index < -0.39 is 5.91 Å². The van der Waals surface area contributed by atoms with E-state index in [0.29, 0.717) is 27.7 Å². The molecule has 9 heteroatoms. The van der Waals surface area contributed by atoms with Gasteiger partial charge in [0.15, 0.2) is 0 Å². The fraction of sp³-hybridized carbons (Fsp3) is 0.130. The zero-order valence-corrected chi connectivity index (χ0v) is 18.3. The summed E-state index contributed by atoms with van der Waals surface area (Å²) < 4.78 is 5.36. The zero-order chi connectivity index (χ0) is 22.9. The summed E-state index contributed by atoms with van der Waals surface area (Å²) in [4.78, 5) is 32.9. The molecular formula is C23H22ClN5O3. The number of amides is 2. The molecule has 0 unspecified atom stereocenters. The molecule has 0 radical (unpaired) electrons. The molecule has 0 saturated heterocycles. The number of guanidine groups is 1. The largest absolute Gasteiger partial charge is 0.495 e. The summed E-state index contributed by atoms with van der Waals surface area (Å²) in [6.07, 6.45) is 1.67. The van der Waals surface area contributed by atoms with Crippen LogP contribution in [0, 0.1) is 0 Å². The van der Waals surface area contributed by atoms with Crippen LogP contribution in [0.4, 0.5) is 11.4 Å². The molecule has 32 heavy (non-hydrogen) atoms. The normalized spacial score (nSPS) is 10.9. The third kappa shape index (κ3) is 6.55. The summed E-state index contributed by atoms with van der Waals surface area (Å²) >= 11 is 6.12. The Morgan fingerprint density at radius 2 is 1.91 bits per heavy atom. The van der Waals surface area contributed by atoms with Crippen molar-refractivity contribution in [3.05, 3.63) is 83.1 Å². The van der Waals surface area contributed by atoms with Crippen LogP contribution in [0.2, 0.25) is 5.02 Å². The quantitative estimate of drug-likeness (QED) is 0.386. The summed E-state index contributed by atoms with van der Waals surface area (Å²) in [5.41, 5.74) is 2.13. The second kappa shape index (κ2) is 10.9. The highest BCUT2D eigenvalue weighted by atomic mass is 35.5. The first kappa shape index (κ1) is 22.8. The second-order valence-electron chi connectivity index (χ2n) is 6.67. The number of aromatic nitrogens is 1. The molecule has 164 valence electrons. The van der Waals surface area contributed by atoms with Gasteiger partial charge in [0.2, 0.25) is 11.9 Å². The van der Waals surface area contributed by atoms with Gasteiger partial charge in [0.25, 0.3) is 5.91 Å². The number of methoxy groups -OCH3 is 1. The number of anilines is 2. The van der Waals surface area contributed by atoms with Crippen molar-refractivity contribution in [1.82, 2.24) is 10.3 Å². The van der Waals surface area contributed by atoms with Gasteiger partial charge < -0.3 is 15.4 Å². The molecule has 0 bridgehead atoms. The minimum Gasteiger partial charge on any atom is -0.495 e. The fourth-order valence-corrected chi connectivity index (χ4v) is 2.96. The summed E-state index contributed by atoms with van der Waals surface area (Å²) in [7, 11) is 1.53. The number of hydrogen-bond acceptors (Lipinski definition) is 5. The minimum atomic E-state index is -0.412. The maximum atomic E-state index is 12.9. The average Bonchev–Trinajstić information content (AvgIpc) is 2.78. The van der Waals surface area contributed by atoms with Crippen molar-refractivity contribution in [2.75, 3.05) is 17.7 Å². The Labute approximate surface area is 190 Å². The lowest BCUT2D eigenvalue weighted by Crippen LogP contribution is -2.36. The number of rotatable bonds is 6. The number of benzene rings is 2. The summed E-state index contributed by atoms with van der Waals surface area (Å²) in [6.45, 7) is 1.63. The molecule has 0 atom stereocenters. The number of nitrogens with one attached hydrogen (secondary N) is 3. The van der Waals surface area contributed by atoms with Crippen LogP contribution in [0.5, 0.6) is 5.75 Å². The first-order valence-electron chi connectivity index (χ1n) is 9.68. The number of halogens is 1. The maximum Gasteiger partial charge on any atom is 0.258 e. The van der Waals surface area contributed by atoms with Gasteiger partial charge in [-0.15, -0.1) is 0 Å². The highest BCUT2D eigenvalue weighted by Gasteiger charge is 2.13. The highest BCUT2D eigenvalue weighted by molar-refractivity contribution is 6.31. The van der Waals surface area contributed by atoms with Crippen LogP contribution in [0.3, 0.4) is 0 Å². The van der Waals surface area contributed by atoms with Crippen molar-refractivity contribution in [1.29, 1.82) is 0 Å². The van der Waals surface area contributed by atoms with Gasteiger partial charge in [-0.25, -0.2) is 4.99 Å². The molecule has 2 aromatic carbocycles. The molecule has 0 aliphatic carbocycles. The number of ether oxygens (including phenoxy) is 1. The van der Waals surface area contributed by atoms with Gasteiger partial charge in [0.05, 0.1) is 25.0 Å². The fourth-order valence-electron chi connectivity index (χ4n) is 2.79. The third-order valence-electron chi connectivity index (χ3n) is 4.22. The van der Waals surface area contributed by atoms with Crippen molar-refractivity contribution in [3.8, 4) is 5.75 Å². The Balaban J connectivity index is 1.86. The van der Waals surface area contributed by atoms with Crippen molar-refractivity contribution < 1.29 is 14.3 Å². The smallest absolute Gasteiger partial charge is 0.258 e. The molecule has 2 amide bonds. The molecule has 3 aromatic rings. The molecule has 0 fully saturated rings. The predicted molar refractivity (Wildman–Crippen MR) is 125 cm³/mol. The van der Waals surface area contributed by atoms with Gasteiger partial charge in [-0.2, -0.15) is 0 Å². The molecule has 0 saturated carbocycles. The van der Waals surface area contributed by atoms with Crippen molar-refractivity contribution >= 4 is 40.7 Å². The molecule has 0 spiro atoms. The van der Waals surface area contributed by atoms with Gasteiger partial charge in [0, 0.05) is 29.4 Å². The van der Waals surface area contributed by atoms with E-state index in [0.717, 1.165) is 5.69 Å². The van der Waals surface area contributed by atoms with Crippen LogP contribution in [0.25, 0.3) is 0 Å². The predicted octanol–water partition coefficient (Wildman–Crippen LogP) is 4.10. The number of nitrogens with zero attached hydrogens (tertiary/aromatic N) is 2. The van der Waals surface area contributed by atoms with Crippen LogP contribution in [0.15, 0.2) is 71.9 Å². The van der Waals surface area contributed by atoms with E-state index in [9.17, 15) is 9.59 Å². The van der Waals surface area contributed by atoms with Gasteiger partial charge in [-0.05, 0) is 48.5 Å². The topological polar surface area (TPSA) is 105 Å². The Kier molecular flexibility index (Phi) is 7.77. The number of aliphatic imine (C=N–C) groups is 1. The Morgan fingerprint density at radius 1 is 1.06 bits per heavy atom. The molecule has 3 rings (SSSR count). The van der Waals surface area contributed by atoms with Crippen molar-refractivity contribution in [2.24, 2.45) is 4.99 Å². The lowest BCUT2D eigenvalue weighted by atomic mass is 10.2. The van der Waals surface area contributed by atoms with E-state index in [2.05, 4.69) is 25.9 Å². The molecular weight excluding hydrogens is 430 g/mol. The van der Waals surface area contributed by atoms with E-state index in [-0.39, 0.29) is 18.4 Å². The standard InChI is InChI=1S/C23H22ClN5O3/c1-15(30)27-18-8-5-6-16(12-18)22(31)29-23(26-14-19-7-3-4-11-25-19)28-20-13-17(24)9-10-21(20)32-2/h3-13H,14H2,1-2H3,(H,27,30)(H2,26,28,29,31). The van der Waals surface area contributed by atoms with Crippen LogP contribution >= 0.6 is 11.6 Å². The van der Waals surface area contributed by atoms with E-state index in [1.165, 1.54) is 14.0 Å². The average molecular weight is 452 g/mol. The Bertz CT molecular complexity index is 1140. The zero-order valence-electron chi connectivity index (χ0n) is 17.6. The Morgan fingerprint density at radius 3 is 2.62 bits per heavy atom. The van der Waals surface area contributed by atoms with Crippen LogP contribution in [-0.2, 0) is 11.3 Å². The van der Waals surface area contributed by atoms with Crippen LogP contribution in [-0.4, -0.2) is 29.9 Å². The van der Waals surface area contributed by atoms with Gasteiger partial charge in [0.1, 0.15) is 5.75 Å². The number of carbonyl (C=O) groups excluding carboxylic acids is 2. The van der Waals surface area contributed by atoms with E-state index >= 15 is 0 Å². The summed E-state index contributed by atoms with van der Waals surface area (Å²) in [6, 6.07) is 17.2. The first-order valence-corrected chi connectivity index (χ1v) is 10.1. The molecule has 0 aliphatic rings. The molecule has 1 aromatic heterocycles. The minimum absolute atomic E-state index is 0.186. The summed E-state index contributed by atoms with van der Waals surface area (Å²) in [5.74, 6) is 0.0772. The molecule has 0 aliphatic heterocycles. The van der Waals surface area contributed by atoms with Crippen LogP contribution < -0.4 is 20.7 Å². The van der Waals surface area contributed by atoms with Crippen LogP contribution in [0.1, 0.15) is 23.0 Å². The van der Waals surface area contributed by atoms with E-state index in [4.69, 9.17) is 16.3 Å². The van der Waals surface area contributed by atoms with E-state index in [1.807, 2.05) is 18.2 Å². The summed E-state index contributed by atoms with van der Waals surface area (Å²) in [5, 5.41) is 8.98. The molecule has 8 nitrogen and oxygen atoms in total. The van der Waals surface area contributed by atoms with Crippen molar-refractivity contribution in [3.63, 3.8) is 0 Å². The monoisotopic (exact) mass is 451 g/mol.